The van der Waals surface area contributed by atoms with Crippen LogP contribution in [0.1, 0.15) is 45.9 Å². The van der Waals surface area contributed by atoms with Crippen LogP contribution in [-0.4, -0.2) is 32.8 Å². The van der Waals surface area contributed by atoms with E-state index in [1.54, 1.807) is 25.1 Å². The standard InChI is InChI=1S/C20H17FN4O4S/c1-10-24-25-18(29-10)20(3,27)7-6-11-4-5-13-12(8-11)14-15(19(2,21)9-28-13)30-17(23-14)16(22)26/h4-5,8,27H,9H2,1-3H3,(H2,22,26)/t19?,20-/m0/s1. The summed E-state index contributed by atoms with van der Waals surface area (Å²) in [6.07, 6.45) is 0. The largest absolute Gasteiger partial charge is 0.489 e. The maximum Gasteiger partial charge on any atom is 0.277 e. The fraction of sp³-hybridized carbons (Fsp3) is 0.300. The molecule has 0 spiro atoms. The van der Waals surface area contributed by atoms with Crippen LogP contribution < -0.4 is 10.5 Å². The molecule has 2 atom stereocenters. The van der Waals surface area contributed by atoms with E-state index in [0.717, 1.165) is 11.3 Å². The third kappa shape index (κ3) is 3.53. The number of aryl methyl sites for hydroxylation is 1. The number of rotatable bonds is 2. The van der Waals surface area contributed by atoms with Crippen LogP contribution in [0.2, 0.25) is 0 Å². The predicted octanol–water partition coefficient (Wildman–Crippen LogP) is 2.44. The van der Waals surface area contributed by atoms with E-state index in [-0.39, 0.29) is 28.1 Å². The number of thiazole rings is 1. The van der Waals surface area contributed by atoms with Crippen molar-refractivity contribution in [1.29, 1.82) is 0 Å². The van der Waals surface area contributed by atoms with Crippen LogP contribution in [0.15, 0.2) is 22.6 Å². The summed E-state index contributed by atoms with van der Waals surface area (Å²) in [6.45, 7) is 4.18. The van der Waals surface area contributed by atoms with Crippen LogP contribution in [0.3, 0.4) is 0 Å². The van der Waals surface area contributed by atoms with Crippen molar-refractivity contribution in [3.05, 3.63) is 45.4 Å². The number of nitrogens with two attached hydrogens (primary N) is 1. The fourth-order valence-corrected chi connectivity index (χ4v) is 3.85. The smallest absolute Gasteiger partial charge is 0.277 e. The first-order valence-corrected chi connectivity index (χ1v) is 9.72. The van der Waals surface area contributed by atoms with Crippen molar-refractivity contribution < 1.29 is 23.4 Å². The average Bonchev–Trinajstić information content (AvgIpc) is 3.30. The van der Waals surface area contributed by atoms with E-state index in [2.05, 4.69) is 27.0 Å². The molecule has 30 heavy (non-hydrogen) atoms. The molecule has 0 saturated carbocycles. The number of hydrogen-bond donors (Lipinski definition) is 2. The summed E-state index contributed by atoms with van der Waals surface area (Å²) in [5, 5.41) is 18.0. The highest BCUT2D eigenvalue weighted by atomic mass is 32.1. The van der Waals surface area contributed by atoms with Crippen molar-refractivity contribution >= 4 is 17.2 Å². The molecule has 10 heteroatoms. The summed E-state index contributed by atoms with van der Waals surface area (Å²) in [5.74, 6) is 5.51. The second kappa shape index (κ2) is 6.90. The summed E-state index contributed by atoms with van der Waals surface area (Å²) in [6, 6.07) is 4.96. The van der Waals surface area contributed by atoms with Gasteiger partial charge < -0.3 is 20.0 Å². The number of benzene rings is 1. The number of hydrogen-bond acceptors (Lipinski definition) is 8. The van der Waals surface area contributed by atoms with Crippen molar-refractivity contribution in [3.63, 3.8) is 0 Å². The average molecular weight is 428 g/mol. The Labute approximate surface area is 174 Å². The molecule has 1 aliphatic heterocycles. The zero-order valence-electron chi connectivity index (χ0n) is 16.3. The Morgan fingerprint density at radius 3 is 2.87 bits per heavy atom. The maximum atomic E-state index is 15.2. The first-order chi connectivity index (χ1) is 14.1. The molecule has 4 rings (SSSR count). The third-order valence-electron chi connectivity index (χ3n) is 4.44. The van der Waals surface area contributed by atoms with Crippen LogP contribution in [0, 0.1) is 18.8 Å². The van der Waals surface area contributed by atoms with Crippen LogP contribution in [0.25, 0.3) is 11.3 Å². The molecule has 3 heterocycles. The number of aromatic nitrogens is 3. The Morgan fingerprint density at radius 1 is 1.43 bits per heavy atom. The quantitative estimate of drug-likeness (QED) is 0.601. The van der Waals surface area contributed by atoms with Gasteiger partial charge in [-0.1, -0.05) is 11.8 Å². The van der Waals surface area contributed by atoms with Gasteiger partial charge in [-0.3, -0.25) is 4.79 Å². The van der Waals surface area contributed by atoms with Gasteiger partial charge in [-0.25, -0.2) is 9.37 Å². The molecule has 0 aliphatic carbocycles. The number of ether oxygens (including phenoxy) is 1. The van der Waals surface area contributed by atoms with E-state index < -0.39 is 17.2 Å². The molecular formula is C20H17FN4O4S. The Bertz CT molecular complexity index is 1220. The molecule has 2 aromatic heterocycles. The topological polar surface area (TPSA) is 124 Å². The van der Waals surface area contributed by atoms with E-state index in [1.165, 1.54) is 13.8 Å². The first-order valence-electron chi connectivity index (χ1n) is 8.90. The molecule has 0 bridgehead atoms. The fourth-order valence-electron chi connectivity index (χ4n) is 2.90. The Balaban J connectivity index is 1.78. The highest BCUT2D eigenvalue weighted by molar-refractivity contribution is 7.14. The van der Waals surface area contributed by atoms with E-state index in [4.69, 9.17) is 14.9 Å². The summed E-state index contributed by atoms with van der Waals surface area (Å²) < 4.78 is 26.0. The number of amides is 1. The maximum absolute atomic E-state index is 15.2. The first kappa shape index (κ1) is 20.0. The van der Waals surface area contributed by atoms with Gasteiger partial charge in [0.05, 0.1) is 10.6 Å². The number of nitrogens with zero attached hydrogens (tertiary/aromatic N) is 3. The van der Waals surface area contributed by atoms with Gasteiger partial charge in [0.2, 0.25) is 11.5 Å². The number of fused-ring (bicyclic) bond motifs is 3. The molecular weight excluding hydrogens is 411 g/mol. The van der Waals surface area contributed by atoms with Crippen molar-refractivity contribution in [2.75, 3.05) is 6.61 Å². The second-order valence-electron chi connectivity index (χ2n) is 7.21. The van der Waals surface area contributed by atoms with Gasteiger partial charge in [0.1, 0.15) is 12.4 Å². The minimum Gasteiger partial charge on any atom is -0.489 e. The number of carbonyl (C=O) groups is 1. The number of alkyl halides is 1. The second-order valence-corrected chi connectivity index (χ2v) is 8.21. The highest BCUT2D eigenvalue weighted by Gasteiger charge is 2.38. The van der Waals surface area contributed by atoms with E-state index in [0.29, 0.717) is 22.8 Å². The molecule has 154 valence electrons. The molecule has 3 aromatic rings. The van der Waals surface area contributed by atoms with Gasteiger partial charge in [-0.2, -0.15) is 0 Å². The minimum absolute atomic E-state index is 0.0166. The monoisotopic (exact) mass is 428 g/mol. The molecule has 0 radical (unpaired) electrons. The van der Waals surface area contributed by atoms with Gasteiger partial charge in [-0.15, -0.1) is 21.5 Å². The zero-order chi connectivity index (χ0) is 21.7. The Hall–Kier alpha value is -3.29. The van der Waals surface area contributed by atoms with Crippen molar-refractivity contribution in [2.45, 2.75) is 32.0 Å². The minimum atomic E-state index is -1.84. The van der Waals surface area contributed by atoms with Crippen molar-refractivity contribution in [3.8, 4) is 28.8 Å². The molecule has 0 fully saturated rings. The lowest BCUT2D eigenvalue weighted by atomic mass is 10.0. The van der Waals surface area contributed by atoms with Crippen LogP contribution >= 0.6 is 11.3 Å². The molecule has 1 unspecified atom stereocenters. The molecule has 1 aromatic carbocycles. The molecule has 0 saturated heterocycles. The lowest BCUT2D eigenvalue weighted by molar-refractivity contribution is 0.0881. The van der Waals surface area contributed by atoms with Gasteiger partial charge in [0, 0.05) is 18.1 Å². The van der Waals surface area contributed by atoms with Crippen molar-refractivity contribution in [1.82, 2.24) is 15.2 Å². The van der Waals surface area contributed by atoms with Gasteiger partial charge in [-0.05, 0) is 32.0 Å². The van der Waals surface area contributed by atoms with Gasteiger partial charge >= 0.3 is 0 Å². The number of halogens is 1. The van der Waals surface area contributed by atoms with Gasteiger partial charge in [0.25, 0.3) is 11.8 Å². The lowest BCUT2D eigenvalue weighted by Crippen LogP contribution is -2.22. The van der Waals surface area contributed by atoms with Crippen molar-refractivity contribution in [2.24, 2.45) is 5.73 Å². The summed E-state index contributed by atoms with van der Waals surface area (Å²) in [5.41, 5.74) is 3.12. The van der Waals surface area contributed by atoms with E-state index >= 15 is 4.39 Å². The molecule has 1 aliphatic rings. The Kier molecular flexibility index (Phi) is 4.60. The molecule has 3 N–H and O–H groups in total. The normalized spacial score (nSPS) is 19.4. The summed E-state index contributed by atoms with van der Waals surface area (Å²) in [7, 11) is 0. The van der Waals surface area contributed by atoms with E-state index in [9.17, 15) is 9.90 Å². The van der Waals surface area contributed by atoms with E-state index in [1.807, 2.05) is 0 Å². The lowest BCUT2D eigenvalue weighted by Gasteiger charge is -2.16. The molecule has 8 nitrogen and oxygen atoms in total. The number of carbonyl (C=O) groups excluding carboxylic acids is 1. The number of aliphatic hydroxyl groups is 1. The van der Waals surface area contributed by atoms with Crippen LogP contribution in [0.4, 0.5) is 4.39 Å². The number of primary amides is 1. The predicted molar refractivity (Wildman–Crippen MR) is 106 cm³/mol. The summed E-state index contributed by atoms with van der Waals surface area (Å²) in [4.78, 5) is 16.1. The third-order valence-corrected chi connectivity index (χ3v) is 5.75. The van der Waals surface area contributed by atoms with Gasteiger partial charge in [0.15, 0.2) is 10.7 Å². The molecule has 1 amide bonds. The summed E-state index contributed by atoms with van der Waals surface area (Å²) >= 11 is 0.906. The van der Waals surface area contributed by atoms with Crippen LogP contribution in [0.5, 0.6) is 5.75 Å². The highest BCUT2D eigenvalue weighted by Crippen LogP contribution is 2.45. The van der Waals surface area contributed by atoms with Crippen LogP contribution in [-0.2, 0) is 11.3 Å². The Morgan fingerprint density at radius 2 is 2.20 bits per heavy atom. The SMILES string of the molecule is Cc1nnc([C@@](C)(O)C#Cc2ccc3c(c2)-c2nc(C(N)=O)sc2C(C)(F)CO3)o1. The zero-order valence-corrected chi connectivity index (χ0v) is 17.1.